The maximum absolute atomic E-state index is 4.52. The molecule has 2 rings (SSSR count). The zero-order chi connectivity index (χ0) is 15.2. The van der Waals surface area contributed by atoms with Gasteiger partial charge in [-0.1, -0.05) is 37.6 Å². The van der Waals surface area contributed by atoms with E-state index in [0.29, 0.717) is 17.7 Å². The third-order valence-electron chi connectivity index (χ3n) is 3.11. The van der Waals surface area contributed by atoms with Gasteiger partial charge in [0.05, 0.1) is 0 Å². The van der Waals surface area contributed by atoms with Gasteiger partial charge < -0.3 is 10.2 Å². The van der Waals surface area contributed by atoms with Gasteiger partial charge in [-0.2, -0.15) is 15.0 Å². The summed E-state index contributed by atoms with van der Waals surface area (Å²) in [7, 11) is 3.86. The van der Waals surface area contributed by atoms with Gasteiger partial charge in [-0.05, 0) is 18.9 Å². The largest absolute Gasteiger partial charge is 0.354 e. The summed E-state index contributed by atoms with van der Waals surface area (Å²) < 4.78 is 0. The van der Waals surface area contributed by atoms with Gasteiger partial charge in [-0.15, -0.1) is 0 Å². The number of anilines is 2. The van der Waals surface area contributed by atoms with Crippen molar-refractivity contribution in [1.82, 2.24) is 15.0 Å². The molecule has 0 saturated carbocycles. The van der Waals surface area contributed by atoms with Crippen LogP contribution in [-0.2, 0) is 6.42 Å². The Morgan fingerprint density at radius 2 is 1.71 bits per heavy atom. The molecule has 0 spiro atoms. The van der Waals surface area contributed by atoms with Crippen molar-refractivity contribution in [2.24, 2.45) is 0 Å². The summed E-state index contributed by atoms with van der Waals surface area (Å²) >= 11 is 0. The monoisotopic (exact) mass is 285 g/mol. The fourth-order valence-corrected chi connectivity index (χ4v) is 2.04. The average molecular weight is 285 g/mol. The van der Waals surface area contributed by atoms with Crippen LogP contribution >= 0.6 is 0 Å². The molecule has 0 bridgehead atoms. The van der Waals surface area contributed by atoms with Gasteiger partial charge in [-0.3, -0.25) is 0 Å². The number of aryl methyl sites for hydroxylation is 1. The number of rotatable bonds is 6. The van der Waals surface area contributed by atoms with E-state index in [0.717, 1.165) is 24.9 Å². The van der Waals surface area contributed by atoms with Gasteiger partial charge in [0.25, 0.3) is 0 Å². The second kappa shape index (κ2) is 7.02. The highest BCUT2D eigenvalue weighted by Crippen LogP contribution is 2.20. The van der Waals surface area contributed by atoms with Gasteiger partial charge in [-0.25, -0.2) is 0 Å². The summed E-state index contributed by atoms with van der Waals surface area (Å²) in [5.74, 6) is 1.98. The summed E-state index contributed by atoms with van der Waals surface area (Å²) in [6.07, 6.45) is 2.25. The fourth-order valence-electron chi connectivity index (χ4n) is 2.04. The number of nitrogens with zero attached hydrogens (tertiary/aromatic N) is 4. The van der Waals surface area contributed by atoms with Gasteiger partial charge in [0, 0.05) is 26.2 Å². The Kier molecular flexibility index (Phi) is 5.09. The molecule has 0 amide bonds. The molecule has 0 atom stereocenters. The van der Waals surface area contributed by atoms with Crippen LogP contribution < -0.4 is 10.2 Å². The summed E-state index contributed by atoms with van der Waals surface area (Å²) in [5.41, 5.74) is 2.36. The van der Waals surface area contributed by atoms with Crippen molar-refractivity contribution in [1.29, 1.82) is 0 Å². The van der Waals surface area contributed by atoms with E-state index in [1.165, 1.54) is 5.56 Å². The summed E-state index contributed by atoms with van der Waals surface area (Å²) in [5, 5.41) is 3.16. The Morgan fingerprint density at radius 3 is 2.29 bits per heavy atom. The van der Waals surface area contributed by atoms with Crippen molar-refractivity contribution in [3.63, 3.8) is 0 Å². The minimum absolute atomic E-state index is 0.615. The molecule has 21 heavy (non-hydrogen) atoms. The summed E-state index contributed by atoms with van der Waals surface area (Å²) in [6.45, 7) is 5.00. The minimum Gasteiger partial charge on any atom is -0.354 e. The van der Waals surface area contributed by atoms with Crippen LogP contribution in [0.2, 0.25) is 0 Å². The van der Waals surface area contributed by atoms with Crippen molar-refractivity contribution < 1.29 is 0 Å². The highest BCUT2D eigenvalue weighted by molar-refractivity contribution is 5.58. The van der Waals surface area contributed by atoms with Crippen LogP contribution in [0.25, 0.3) is 11.4 Å². The van der Waals surface area contributed by atoms with Crippen LogP contribution in [0, 0.1) is 0 Å². The topological polar surface area (TPSA) is 53.9 Å². The molecule has 0 aliphatic rings. The van der Waals surface area contributed by atoms with Crippen molar-refractivity contribution in [2.45, 2.75) is 26.7 Å². The Hall–Kier alpha value is -2.17. The summed E-state index contributed by atoms with van der Waals surface area (Å²) in [6, 6.07) is 8.45. The molecule has 0 radical (unpaired) electrons. The van der Waals surface area contributed by atoms with Gasteiger partial charge in [0.2, 0.25) is 11.9 Å². The van der Waals surface area contributed by atoms with Crippen LogP contribution in [0.1, 0.15) is 25.8 Å². The van der Waals surface area contributed by atoms with E-state index in [2.05, 4.69) is 51.5 Å². The quantitative estimate of drug-likeness (QED) is 0.884. The van der Waals surface area contributed by atoms with E-state index in [9.17, 15) is 0 Å². The molecule has 0 fully saturated rings. The number of hydrogen-bond acceptors (Lipinski definition) is 5. The molecular formula is C16H23N5. The smallest absolute Gasteiger partial charge is 0.230 e. The summed E-state index contributed by atoms with van der Waals surface area (Å²) in [4.78, 5) is 15.3. The third-order valence-corrected chi connectivity index (χ3v) is 3.11. The third kappa shape index (κ3) is 3.90. The van der Waals surface area contributed by atoms with Crippen LogP contribution in [0.15, 0.2) is 24.3 Å². The van der Waals surface area contributed by atoms with Crippen molar-refractivity contribution in [3.05, 3.63) is 29.8 Å². The molecule has 0 aliphatic heterocycles. The SMILES string of the molecule is CCCc1ccc(-c2nc(NCC)nc(N(C)C)n2)cc1. The fraction of sp³-hybridized carbons (Fsp3) is 0.438. The number of hydrogen-bond donors (Lipinski definition) is 1. The zero-order valence-electron chi connectivity index (χ0n) is 13.2. The molecule has 0 saturated heterocycles. The highest BCUT2D eigenvalue weighted by Gasteiger charge is 2.09. The molecule has 112 valence electrons. The first-order chi connectivity index (χ1) is 10.1. The Morgan fingerprint density at radius 1 is 1.00 bits per heavy atom. The molecule has 1 N–H and O–H groups in total. The first-order valence-corrected chi connectivity index (χ1v) is 7.40. The van der Waals surface area contributed by atoms with Crippen LogP contribution in [-0.4, -0.2) is 35.6 Å². The van der Waals surface area contributed by atoms with Crippen molar-refractivity contribution >= 4 is 11.9 Å². The van der Waals surface area contributed by atoms with E-state index >= 15 is 0 Å². The zero-order valence-corrected chi connectivity index (χ0v) is 13.2. The van der Waals surface area contributed by atoms with E-state index in [1.54, 1.807) is 0 Å². The number of benzene rings is 1. The van der Waals surface area contributed by atoms with Gasteiger partial charge in [0.1, 0.15) is 0 Å². The van der Waals surface area contributed by atoms with Gasteiger partial charge >= 0.3 is 0 Å². The Bertz CT molecular complexity index is 578. The van der Waals surface area contributed by atoms with E-state index in [1.807, 2.05) is 25.9 Å². The normalized spacial score (nSPS) is 10.5. The van der Waals surface area contributed by atoms with E-state index in [-0.39, 0.29) is 0 Å². The number of nitrogens with one attached hydrogen (secondary N) is 1. The molecular weight excluding hydrogens is 262 g/mol. The average Bonchev–Trinajstić information content (AvgIpc) is 2.48. The second-order valence-electron chi connectivity index (χ2n) is 5.15. The van der Waals surface area contributed by atoms with Crippen LogP contribution in [0.5, 0.6) is 0 Å². The van der Waals surface area contributed by atoms with E-state index < -0.39 is 0 Å². The second-order valence-corrected chi connectivity index (χ2v) is 5.15. The standard InChI is InChI=1S/C16H23N5/c1-5-7-12-8-10-13(11-9-12)14-18-15(17-6-2)20-16(19-14)21(3)4/h8-11H,5-7H2,1-4H3,(H,17,18,19,20). The molecule has 2 aromatic rings. The van der Waals surface area contributed by atoms with Crippen LogP contribution in [0.3, 0.4) is 0 Å². The predicted molar refractivity (Wildman–Crippen MR) is 87.7 cm³/mol. The molecule has 1 heterocycles. The predicted octanol–water partition coefficient (Wildman–Crippen LogP) is 2.99. The number of aromatic nitrogens is 3. The first-order valence-electron chi connectivity index (χ1n) is 7.40. The van der Waals surface area contributed by atoms with E-state index in [4.69, 9.17) is 0 Å². The Labute approximate surface area is 126 Å². The lowest BCUT2D eigenvalue weighted by Gasteiger charge is -2.13. The lowest BCUT2D eigenvalue weighted by Crippen LogP contribution is -2.15. The molecule has 1 aromatic heterocycles. The molecule has 0 aliphatic carbocycles. The molecule has 5 nitrogen and oxygen atoms in total. The van der Waals surface area contributed by atoms with Crippen LogP contribution in [0.4, 0.5) is 11.9 Å². The molecule has 0 unspecified atom stereocenters. The Balaban J connectivity index is 2.36. The van der Waals surface area contributed by atoms with Crippen molar-refractivity contribution in [3.8, 4) is 11.4 Å². The maximum Gasteiger partial charge on any atom is 0.230 e. The maximum atomic E-state index is 4.52. The lowest BCUT2D eigenvalue weighted by molar-refractivity contribution is 0.921. The minimum atomic E-state index is 0.615. The highest BCUT2D eigenvalue weighted by atomic mass is 15.3. The lowest BCUT2D eigenvalue weighted by atomic mass is 10.1. The first kappa shape index (κ1) is 15.2. The molecule has 5 heteroatoms. The van der Waals surface area contributed by atoms with Gasteiger partial charge in [0.15, 0.2) is 5.82 Å². The van der Waals surface area contributed by atoms with Crippen molar-refractivity contribution in [2.75, 3.05) is 30.9 Å². The molecule has 1 aromatic carbocycles.